The highest BCUT2D eigenvalue weighted by molar-refractivity contribution is 7.99. The standard InChI is InChI=1S/C17H23ClN2OS/c1-19(2)12-15-13-22-11-5-10-20(15)17(21)9-8-14-6-3-4-7-16(14)18/h3-4,6-9,15H,5,10-13H2,1-2H3. The van der Waals surface area contributed by atoms with E-state index in [9.17, 15) is 4.79 Å². The summed E-state index contributed by atoms with van der Waals surface area (Å²) in [5.74, 6) is 2.21. The van der Waals surface area contributed by atoms with E-state index in [0.717, 1.165) is 36.6 Å². The number of benzene rings is 1. The number of carbonyl (C=O) groups excluding carboxylic acids is 1. The molecule has 0 aromatic heterocycles. The fraction of sp³-hybridized carbons (Fsp3) is 0.471. The molecule has 1 fully saturated rings. The van der Waals surface area contributed by atoms with Crippen LogP contribution in [-0.2, 0) is 4.79 Å². The van der Waals surface area contributed by atoms with Crippen LogP contribution in [0.5, 0.6) is 0 Å². The summed E-state index contributed by atoms with van der Waals surface area (Å²) in [5.41, 5.74) is 0.880. The van der Waals surface area contributed by atoms with Crippen LogP contribution in [0.1, 0.15) is 12.0 Å². The van der Waals surface area contributed by atoms with Gasteiger partial charge in [0.05, 0.1) is 6.04 Å². The summed E-state index contributed by atoms with van der Waals surface area (Å²) in [6.45, 7) is 1.73. The Hall–Kier alpha value is -0.970. The van der Waals surface area contributed by atoms with Gasteiger partial charge in [-0.3, -0.25) is 4.79 Å². The van der Waals surface area contributed by atoms with Crippen molar-refractivity contribution in [2.75, 3.05) is 38.7 Å². The third-order valence-electron chi connectivity index (χ3n) is 3.61. The Morgan fingerprint density at radius 2 is 2.23 bits per heavy atom. The lowest BCUT2D eigenvalue weighted by atomic mass is 10.2. The Kier molecular flexibility index (Phi) is 6.80. The van der Waals surface area contributed by atoms with Crippen LogP contribution < -0.4 is 0 Å². The molecule has 120 valence electrons. The van der Waals surface area contributed by atoms with Gasteiger partial charge in [-0.15, -0.1) is 0 Å². The Morgan fingerprint density at radius 1 is 1.45 bits per heavy atom. The van der Waals surface area contributed by atoms with Crippen LogP contribution in [-0.4, -0.2) is 60.4 Å². The normalized spacial score (nSPS) is 19.6. The topological polar surface area (TPSA) is 23.6 Å². The van der Waals surface area contributed by atoms with Gasteiger partial charge in [-0.25, -0.2) is 0 Å². The highest BCUT2D eigenvalue weighted by Gasteiger charge is 2.24. The van der Waals surface area contributed by atoms with Crippen molar-refractivity contribution in [3.8, 4) is 0 Å². The molecule has 1 amide bonds. The van der Waals surface area contributed by atoms with Crippen LogP contribution in [0.4, 0.5) is 0 Å². The van der Waals surface area contributed by atoms with Gasteiger partial charge < -0.3 is 9.80 Å². The van der Waals surface area contributed by atoms with Crippen molar-refractivity contribution in [2.45, 2.75) is 12.5 Å². The third-order valence-corrected chi connectivity index (χ3v) is 5.15. The zero-order chi connectivity index (χ0) is 15.9. The van der Waals surface area contributed by atoms with E-state index in [0.29, 0.717) is 5.02 Å². The summed E-state index contributed by atoms with van der Waals surface area (Å²) in [6, 6.07) is 7.84. The van der Waals surface area contributed by atoms with Crippen molar-refractivity contribution in [1.82, 2.24) is 9.80 Å². The molecule has 0 spiro atoms. The maximum absolute atomic E-state index is 12.6. The molecule has 1 atom stereocenters. The molecule has 0 bridgehead atoms. The molecule has 1 aromatic carbocycles. The zero-order valence-electron chi connectivity index (χ0n) is 13.2. The highest BCUT2D eigenvalue weighted by atomic mass is 35.5. The van der Waals surface area contributed by atoms with E-state index < -0.39 is 0 Å². The van der Waals surface area contributed by atoms with E-state index in [1.54, 1.807) is 6.08 Å². The summed E-state index contributed by atoms with van der Waals surface area (Å²) >= 11 is 8.07. The van der Waals surface area contributed by atoms with Crippen LogP contribution in [0.2, 0.25) is 5.02 Å². The van der Waals surface area contributed by atoms with Gasteiger partial charge in [0.25, 0.3) is 0 Å². The lowest BCUT2D eigenvalue weighted by Crippen LogP contribution is -2.46. The molecule has 22 heavy (non-hydrogen) atoms. The fourth-order valence-corrected chi connectivity index (χ4v) is 3.81. The summed E-state index contributed by atoms with van der Waals surface area (Å²) < 4.78 is 0. The quantitative estimate of drug-likeness (QED) is 0.787. The molecule has 0 saturated carbocycles. The molecule has 3 nitrogen and oxygen atoms in total. The zero-order valence-corrected chi connectivity index (χ0v) is 14.7. The molecule has 1 aliphatic rings. The Bertz CT molecular complexity index is 533. The van der Waals surface area contributed by atoms with E-state index in [1.807, 2.05) is 47.0 Å². The predicted octanol–water partition coefficient (Wildman–Crippen LogP) is 3.25. The SMILES string of the molecule is CN(C)CC1CSCCCN1C(=O)C=Cc1ccccc1Cl. The maximum Gasteiger partial charge on any atom is 0.246 e. The molecule has 1 saturated heterocycles. The monoisotopic (exact) mass is 338 g/mol. The molecule has 1 aliphatic heterocycles. The minimum absolute atomic E-state index is 0.0780. The average Bonchev–Trinajstić information content (AvgIpc) is 2.71. The molecule has 0 aliphatic carbocycles. The van der Waals surface area contributed by atoms with Gasteiger partial charge >= 0.3 is 0 Å². The number of thioether (sulfide) groups is 1. The van der Waals surface area contributed by atoms with Gasteiger partial charge in [-0.2, -0.15) is 11.8 Å². The van der Waals surface area contributed by atoms with Gasteiger partial charge in [0.1, 0.15) is 0 Å². The summed E-state index contributed by atoms with van der Waals surface area (Å²) in [6.07, 6.45) is 4.52. The van der Waals surface area contributed by atoms with Crippen molar-refractivity contribution in [3.63, 3.8) is 0 Å². The van der Waals surface area contributed by atoms with Gasteiger partial charge in [-0.05, 0) is 44.0 Å². The van der Waals surface area contributed by atoms with Crippen molar-refractivity contribution < 1.29 is 4.79 Å². The smallest absolute Gasteiger partial charge is 0.246 e. The maximum atomic E-state index is 12.6. The number of rotatable bonds is 4. The molecule has 1 aromatic rings. The molecular formula is C17H23ClN2OS. The predicted molar refractivity (Wildman–Crippen MR) is 96.5 cm³/mol. The van der Waals surface area contributed by atoms with Gasteiger partial charge in [0.15, 0.2) is 0 Å². The largest absolute Gasteiger partial charge is 0.334 e. The first-order valence-electron chi connectivity index (χ1n) is 7.53. The van der Waals surface area contributed by atoms with Crippen molar-refractivity contribution >= 4 is 35.3 Å². The van der Waals surface area contributed by atoms with Crippen LogP contribution in [0.3, 0.4) is 0 Å². The Labute approximate surface area is 142 Å². The number of carbonyl (C=O) groups is 1. The lowest BCUT2D eigenvalue weighted by Gasteiger charge is -2.30. The van der Waals surface area contributed by atoms with Crippen molar-refractivity contribution in [3.05, 3.63) is 40.9 Å². The summed E-state index contributed by atoms with van der Waals surface area (Å²) in [4.78, 5) is 16.8. The Morgan fingerprint density at radius 3 is 2.95 bits per heavy atom. The molecule has 1 unspecified atom stereocenters. The minimum Gasteiger partial charge on any atom is -0.334 e. The molecule has 0 N–H and O–H groups in total. The van der Waals surface area contributed by atoms with Gasteiger partial charge in [0.2, 0.25) is 5.91 Å². The first-order valence-corrected chi connectivity index (χ1v) is 9.07. The molecule has 5 heteroatoms. The van der Waals surface area contributed by atoms with Crippen molar-refractivity contribution in [2.24, 2.45) is 0 Å². The molecule has 0 radical (unpaired) electrons. The van der Waals surface area contributed by atoms with E-state index >= 15 is 0 Å². The first-order chi connectivity index (χ1) is 10.6. The second-order valence-corrected chi connectivity index (χ2v) is 7.29. The molecule has 1 heterocycles. The summed E-state index contributed by atoms with van der Waals surface area (Å²) in [5, 5.41) is 0.669. The number of halogens is 1. The first kappa shape index (κ1) is 17.4. The van der Waals surface area contributed by atoms with Crippen LogP contribution in [0.15, 0.2) is 30.3 Å². The highest BCUT2D eigenvalue weighted by Crippen LogP contribution is 2.19. The summed E-state index contributed by atoms with van der Waals surface area (Å²) in [7, 11) is 4.11. The average molecular weight is 339 g/mol. The number of nitrogens with zero attached hydrogens (tertiary/aromatic N) is 2. The van der Waals surface area contributed by atoms with Crippen LogP contribution in [0.25, 0.3) is 6.08 Å². The van der Waals surface area contributed by atoms with Gasteiger partial charge in [-0.1, -0.05) is 29.8 Å². The number of likely N-dealkylation sites (N-methyl/N-ethyl adjacent to an activating group) is 1. The third kappa shape index (κ3) is 5.04. The van der Waals surface area contributed by atoms with E-state index in [1.165, 1.54) is 0 Å². The number of hydrogen-bond donors (Lipinski definition) is 0. The van der Waals surface area contributed by atoms with Crippen LogP contribution >= 0.6 is 23.4 Å². The molecule has 2 rings (SSSR count). The minimum atomic E-state index is 0.0780. The molecular weight excluding hydrogens is 316 g/mol. The fourth-order valence-electron chi connectivity index (χ4n) is 2.56. The Balaban J connectivity index is 2.09. The van der Waals surface area contributed by atoms with E-state index in [-0.39, 0.29) is 11.9 Å². The lowest BCUT2D eigenvalue weighted by molar-refractivity contribution is -0.128. The van der Waals surface area contributed by atoms with E-state index in [4.69, 9.17) is 11.6 Å². The second-order valence-electron chi connectivity index (χ2n) is 5.73. The number of hydrogen-bond acceptors (Lipinski definition) is 3. The second kappa shape index (κ2) is 8.61. The van der Waals surface area contributed by atoms with Crippen molar-refractivity contribution in [1.29, 1.82) is 0 Å². The van der Waals surface area contributed by atoms with E-state index in [2.05, 4.69) is 19.0 Å². The number of amides is 1. The van der Waals surface area contributed by atoms with Gasteiger partial charge in [0, 0.05) is 29.9 Å². The van der Waals surface area contributed by atoms with Crippen LogP contribution in [0, 0.1) is 0 Å².